The third kappa shape index (κ3) is 4.76. The second kappa shape index (κ2) is 9.39. The van der Waals surface area contributed by atoms with Crippen LogP contribution in [0.4, 0.5) is 5.69 Å². The van der Waals surface area contributed by atoms with Crippen LogP contribution in [0.5, 0.6) is 0 Å². The first-order valence-corrected chi connectivity index (χ1v) is 10.3. The van der Waals surface area contributed by atoms with Crippen molar-refractivity contribution in [3.63, 3.8) is 0 Å². The smallest absolute Gasteiger partial charge is 0.286 e. The van der Waals surface area contributed by atoms with E-state index in [0.717, 1.165) is 48.7 Å². The molecule has 30 heavy (non-hydrogen) atoms. The monoisotopic (exact) mass is 407 g/mol. The SMILES string of the molecule is O=C(CCCNC(=O)c1ccco1)Nc1cccc(-c2nnc3n2CCCCC3)c1. The molecule has 0 unspecified atom stereocenters. The standard InChI is InChI=1S/C22H25N5O3/c28-20(11-5-12-23-22(29)18-9-6-14-30-18)24-17-8-4-7-16(15-17)21-26-25-19-10-2-1-3-13-27(19)21/h4,6-9,14-15H,1-3,5,10-13H2,(H,23,29)(H,24,28). The van der Waals surface area contributed by atoms with Crippen LogP contribution in [0.2, 0.25) is 0 Å². The fraction of sp³-hybridized carbons (Fsp3) is 0.364. The van der Waals surface area contributed by atoms with Crippen LogP contribution >= 0.6 is 0 Å². The second-order valence-corrected chi connectivity index (χ2v) is 7.37. The number of anilines is 1. The number of benzene rings is 1. The first kappa shape index (κ1) is 19.9. The van der Waals surface area contributed by atoms with Crippen LogP contribution < -0.4 is 10.6 Å². The van der Waals surface area contributed by atoms with Gasteiger partial charge in [-0.15, -0.1) is 10.2 Å². The van der Waals surface area contributed by atoms with E-state index in [9.17, 15) is 9.59 Å². The number of furan rings is 1. The Labute approximate surface area is 174 Å². The molecule has 0 radical (unpaired) electrons. The maximum atomic E-state index is 12.3. The highest BCUT2D eigenvalue weighted by Gasteiger charge is 2.16. The summed E-state index contributed by atoms with van der Waals surface area (Å²) in [6, 6.07) is 10.9. The summed E-state index contributed by atoms with van der Waals surface area (Å²) in [7, 11) is 0. The normalized spacial score (nSPS) is 13.3. The van der Waals surface area contributed by atoms with E-state index in [1.54, 1.807) is 12.1 Å². The van der Waals surface area contributed by atoms with E-state index in [1.807, 2.05) is 24.3 Å². The Bertz CT molecular complexity index is 1010. The Morgan fingerprint density at radius 2 is 2.03 bits per heavy atom. The molecule has 156 valence electrons. The van der Waals surface area contributed by atoms with Crippen molar-refractivity contribution in [3.05, 3.63) is 54.2 Å². The lowest BCUT2D eigenvalue weighted by atomic mass is 10.1. The summed E-state index contributed by atoms with van der Waals surface area (Å²) < 4.78 is 7.22. The molecule has 1 aliphatic rings. The molecule has 2 amide bonds. The molecule has 0 fully saturated rings. The number of fused-ring (bicyclic) bond motifs is 1. The van der Waals surface area contributed by atoms with E-state index >= 15 is 0 Å². The number of aryl methyl sites for hydroxylation is 1. The van der Waals surface area contributed by atoms with Crippen molar-refractivity contribution >= 4 is 17.5 Å². The third-order valence-electron chi connectivity index (χ3n) is 5.13. The molecule has 0 bridgehead atoms. The number of amides is 2. The molecule has 3 aromatic rings. The van der Waals surface area contributed by atoms with Crippen LogP contribution in [0.15, 0.2) is 47.1 Å². The molecule has 0 saturated carbocycles. The van der Waals surface area contributed by atoms with Gasteiger partial charge >= 0.3 is 0 Å². The van der Waals surface area contributed by atoms with Crippen molar-refractivity contribution < 1.29 is 14.0 Å². The van der Waals surface area contributed by atoms with Crippen molar-refractivity contribution in [2.24, 2.45) is 0 Å². The number of rotatable bonds is 7. The van der Waals surface area contributed by atoms with Gasteiger partial charge in [-0.2, -0.15) is 0 Å². The summed E-state index contributed by atoms with van der Waals surface area (Å²) in [5, 5.41) is 14.4. The zero-order chi connectivity index (χ0) is 20.8. The van der Waals surface area contributed by atoms with Crippen molar-refractivity contribution in [2.75, 3.05) is 11.9 Å². The summed E-state index contributed by atoms with van der Waals surface area (Å²) >= 11 is 0. The molecule has 0 spiro atoms. The Morgan fingerprint density at radius 1 is 1.10 bits per heavy atom. The highest BCUT2D eigenvalue weighted by atomic mass is 16.3. The molecule has 4 rings (SSSR count). The molecule has 0 atom stereocenters. The minimum Gasteiger partial charge on any atom is -0.459 e. The number of carbonyl (C=O) groups excluding carboxylic acids is 2. The maximum absolute atomic E-state index is 12.3. The largest absolute Gasteiger partial charge is 0.459 e. The van der Waals surface area contributed by atoms with Crippen LogP contribution in [0, 0.1) is 0 Å². The van der Waals surface area contributed by atoms with E-state index in [4.69, 9.17) is 4.42 Å². The summed E-state index contributed by atoms with van der Waals surface area (Å²) in [5.74, 6) is 1.78. The summed E-state index contributed by atoms with van der Waals surface area (Å²) in [6.45, 7) is 1.33. The quantitative estimate of drug-likeness (QED) is 0.585. The summed E-state index contributed by atoms with van der Waals surface area (Å²) in [4.78, 5) is 24.1. The maximum Gasteiger partial charge on any atom is 0.286 e. The van der Waals surface area contributed by atoms with Gasteiger partial charge in [0.15, 0.2) is 11.6 Å². The Balaban J connectivity index is 1.30. The van der Waals surface area contributed by atoms with E-state index in [2.05, 4.69) is 25.4 Å². The molecule has 1 aliphatic heterocycles. The zero-order valence-electron chi connectivity index (χ0n) is 16.8. The van der Waals surface area contributed by atoms with Gasteiger partial charge in [-0.05, 0) is 43.5 Å². The highest BCUT2D eigenvalue weighted by Crippen LogP contribution is 2.25. The van der Waals surface area contributed by atoms with E-state index < -0.39 is 0 Å². The predicted molar refractivity (Wildman–Crippen MR) is 112 cm³/mol. The molecule has 1 aromatic carbocycles. The van der Waals surface area contributed by atoms with Gasteiger partial charge in [-0.25, -0.2) is 0 Å². The van der Waals surface area contributed by atoms with Crippen LogP contribution in [0.1, 0.15) is 48.5 Å². The highest BCUT2D eigenvalue weighted by molar-refractivity contribution is 5.92. The topological polar surface area (TPSA) is 102 Å². The van der Waals surface area contributed by atoms with Gasteiger partial charge in [0.2, 0.25) is 5.91 Å². The Kier molecular flexibility index (Phi) is 6.22. The van der Waals surface area contributed by atoms with Gasteiger partial charge in [0.1, 0.15) is 5.82 Å². The molecule has 3 heterocycles. The fourth-order valence-corrected chi connectivity index (χ4v) is 3.60. The minimum atomic E-state index is -0.277. The van der Waals surface area contributed by atoms with Gasteiger partial charge in [-0.3, -0.25) is 9.59 Å². The number of nitrogens with zero attached hydrogens (tertiary/aromatic N) is 3. The molecule has 2 N–H and O–H groups in total. The van der Waals surface area contributed by atoms with Gasteiger partial charge in [-0.1, -0.05) is 18.6 Å². The second-order valence-electron chi connectivity index (χ2n) is 7.37. The lowest BCUT2D eigenvalue weighted by Crippen LogP contribution is -2.25. The molecule has 0 aliphatic carbocycles. The molecule has 0 saturated heterocycles. The number of aromatic nitrogens is 3. The molecule has 8 nitrogen and oxygen atoms in total. The van der Waals surface area contributed by atoms with Gasteiger partial charge in [0.25, 0.3) is 5.91 Å². The fourth-order valence-electron chi connectivity index (χ4n) is 3.60. The van der Waals surface area contributed by atoms with Gasteiger partial charge < -0.3 is 19.6 Å². The lowest BCUT2D eigenvalue weighted by molar-refractivity contribution is -0.116. The minimum absolute atomic E-state index is 0.0977. The Hall–Kier alpha value is -3.42. The molecular weight excluding hydrogens is 382 g/mol. The first-order valence-electron chi connectivity index (χ1n) is 10.3. The van der Waals surface area contributed by atoms with Crippen molar-refractivity contribution in [1.29, 1.82) is 0 Å². The number of hydrogen-bond acceptors (Lipinski definition) is 5. The van der Waals surface area contributed by atoms with Crippen LogP contribution in [-0.4, -0.2) is 33.1 Å². The van der Waals surface area contributed by atoms with Crippen LogP contribution in [0.25, 0.3) is 11.4 Å². The third-order valence-corrected chi connectivity index (χ3v) is 5.13. The zero-order valence-corrected chi connectivity index (χ0v) is 16.8. The number of hydrogen-bond donors (Lipinski definition) is 2. The molecular formula is C22H25N5O3. The van der Waals surface area contributed by atoms with Crippen LogP contribution in [0.3, 0.4) is 0 Å². The van der Waals surface area contributed by atoms with Gasteiger partial charge in [0.05, 0.1) is 6.26 Å². The first-order chi connectivity index (χ1) is 14.7. The van der Waals surface area contributed by atoms with E-state index in [1.165, 1.54) is 12.7 Å². The van der Waals surface area contributed by atoms with Crippen LogP contribution in [-0.2, 0) is 17.8 Å². The Morgan fingerprint density at radius 3 is 2.90 bits per heavy atom. The average Bonchev–Trinajstić information content (AvgIpc) is 3.37. The predicted octanol–water partition coefficient (Wildman–Crippen LogP) is 3.41. The number of carbonyl (C=O) groups is 2. The van der Waals surface area contributed by atoms with Crippen molar-refractivity contribution in [1.82, 2.24) is 20.1 Å². The van der Waals surface area contributed by atoms with E-state index in [-0.39, 0.29) is 17.6 Å². The van der Waals surface area contributed by atoms with Gasteiger partial charge in [0, 0.05) is 37.2 Å². The van der Waals surface area contributed by atoms with E-state index in [0.29, 0.717) is 19.4 Å². The van der Waals surface area contributed by atoms with Crippen molar-refractivity contribution in [2.45, 2.75) is 45.1 Å². The average molecular weight is 407 g/mol. The lowest BCUT2D eigenvalue weighted by Gasteiger charge is -2.10. The van der Waals surface area contributed by atoms with Crippen molar-refractivity contribution in [3.8, 4) is 11.4 Å². The molecule has 2 aromatic heterocycles. The molecule has 8 heteroatoms. The summed E-state index contributed by atoms with van der Waals surface area (Å²) in [6.07, 6.45) is 6.74. The summed E-state index contributed by atoms with van der Waals surface area (Å²) in [5.41, 5.74) is 1.67. The number of nitrogens with one attached hydrogen (secondary N) is 2.